The highest BCUT2D eigenvalue weighted by molar-refractivity contribution is 6.01. The predicted octanol–water partition coefficient (Wildman–Crippen LogP) is 1.13. The Morgan fingerprint density at radius 1 is 1.33 bits per heavy atom. The first-order valence-corrected chi connectivity index (χ1v) is 7.15. The molecule has 21 heavy (non-hydrogen) atoms. The highest BCUT2D eigenvalue weighted by Gasteiger charge is 2.30. The van der Waals surface area contributed by atoms with Crippen LogP contribution in [0.5, 0.6) is 5.75 Å². The molecule has 3 amide bonds. The van der Waals surface area contributed by atoms with E-state index in [1.54, 1.807) is 0 Å². The number of carbonyl (C=O) groups excluding carboxylic acids is 2. The largest absolute Gasteiger partial charge is 0.487 e. The predicted molar refractivity (Wildman–Crippen MR) is 78.6 cm³/mol. The summed E-state index contributed by atoms with van der Waals surface area (Å²) in [6.45, 7) is 5.92. The molecule has 0 radical (unpaired) electrons. The van der Waals surface area contributed by atoms with E-state index in [0.29, 0.717) is 13.1 Å². The summed E-state index contributed by atoms with van der Waals surface area (Å²) in [4.78, 5) is 26.6. The van der Waals surface area contributed by atoms with Gasteiger partial charge in [-0.25, -0.2) is 4.79 Å². The van der Waals surface area contributed by atoms with Gasteiger partial charge in [-0.1, -0.05) is 6.07 Å². The van der Waals surface area contributed by atoms with Gasteiger partial charge in [0, 0.05) is 13.1 Å². The summed E-state index contributed by atoms with van der Waals surface area (Å²) < 4.78 is 5.83. The number of fused-ring (bicyclic) bond motifs is 1. The molecule has 1 aromatic rings. The van der Waals surface area contributed by atoms with Crippen LogP contribution >= 0.6 is 0 Å². The summed E-state index contributed by atoms with van der Waals surface area (Å²) in [5.41, 5.74) is 2.19. The molecule has 2 heterocycles. The summed E-state index contributed by atoms with van der Waals surface area (Å²) in [7, 11) is 0. The number of carbonyl (C=O) groups is 2. The Morgan fingerprint density at radius 3 is 2.86 bits per heavy atom. The summed E-state index contributed by atoms with van der Waals surface area (Å²) in [6, 6.07) is 5.77. The minimum Gasteiger partial charge on any atom is -0.487 e. The third-order valence-corrected chi connectivity index (χ3v) is 3.79. The molecular formula is C15H19N3O3. The molecule has 0 unspecified atom stereocenters. The molecular weight excluding hydrogens is 270 g/mol. The van der Waals surface area contributed by atoms with Gasteiger partial charge in [-0.05, 0) is 31.5 Å². The van der Waals surface area contributed by atoms with Crippen molar-refractivity contribution < 1.29 is 14.3 Å². The molecule has 2 aliphatic heterocycles. The van der Waals surface area contributed by atoms with Gasteiger partial charge in [-0.3, -0.25) is 9.69 Å². The molecule has 6 nitrogen and oxygen atoms in total. The van der Waals surface area contributed by atoms with Crippen molar-refractivity contribution in [3.8, 4) is 5.75 Å². The quantitative estimate of drug-likeness (QED) is 0.848. The number of hydrogen-bond donors (Lipinski definition) is 1. The van der Waals surface area contributed by atoms with E-state index in [0.717, 1.165) is 23.5 Å². The Hall–Kier alpha value is -2.24. The molecule has 112 valence electrons. The van der Waals surface area contributed by atoms with Crippen LogP contribution in [-0.2, 0) is 4.79 Å². The molecule has 2 aliphatic rings. The van der Waals surface area contributed by atoms with Gasteiger partial charge in [0.25, 0.3) is 0 Å². The maximum Gasteiger partial charge on any atom is 0.324 e. The number of benzene rings is 1. The van der Waals surface area contributed by atoms with Gasteiger partial charge in [0.1, 0.15) is 11.9 Å². The van der Waals surface area contributed by atoms with Gasteiger partial charge in [0.05, 0.1) is 18.8 Å². The van der Waals surface area contributed by atoms with Crippen molar-refractivity contribution >= 4 is 17.6 Å². The van der Waals surface area contributed by atoms with E-state index in [9.17, 15) is 9.59 Å². The first-order valence-electron chi connectivity index (χ1n) is 7.15. The highest BCUT2D eigenvalue weighted by Crippen LogP contribution is 2.34. The van der Waals surface area contributed by atoms with Crippen LogP contribution < -0.4 is 15.0 Å². The van der Waals surface area contributed by atoms with Crippen LogP contribution in [0.2, 0.25) is 0 Å². The van der Waals surface area contributed by atoms with Crippen molar-refractivity contribution in [1.29, 1.82) is 0 Å². The van der Waals surface area contributed by atoms with Crippen molar-refractivity contribution in [3.63, 3.8) is 0 Å². The number of ether oxygens (including phenoxy) is 1. The van der Waals surface area contributed by atoms with Gasteiger partial charge in [-0.2, -0.15) is 0 Å². The molecule has 1 aromatic carbocycles. The van der Waals surface area contributed by atoms with Crippen LogP contribution in [0.3, 0.4) is 0 Å². The number of nitrogens with zero attached hydrogens (tertiary/aromatic N) is 2. The van der Waals surface area contributed by atoms with E-state index in [4.69, 9.17) is 4.74 Å². The molecule has 0 aromatic heterocycles. The molecule has 0 aliphatic carbocycles. The molecule has 6 heteroatoms. The maximum absolute atomic E-state index is 11.6. The topological polar surface area (TPSA) is 61.9 Å². The third kappa shape index (κ3) is 2.66. The zero-order valence-electron chi connectivity index (χ0n) is 12.3. The summed E-state index contributed by atoms with van der Waals surface area (Å²) in [6.07, 6.45) is 0.0864. The molecule has 1 atom stereocenters. The van der Waals surface area contributed by atoms with Crippen LogP contribution in [0.15, 0.2) is 18.2 Å². The van der Waals surface area contributed by atoms with E-state index in [1.807, 2.05) is 26.0 Å². The van der Waals surface area contributed by atoms with Crippen molar-refractivity contribution in [2.75, 3.05) is 31.1 Å². The monoisotopic (exact) mass is 289 g/mol. The molecule has 1 saturated heterocycles. The molecule has 0 bridgehead atoms. The molecule has 1 fully saturated rings. The Labute approximate surface area is 123 Å². The summed E-state index contributed by atoms with van der Waals surface area (Å²) in [5, 5.41) is 2.54. The second-order valence-electron chi connectivity index (χ2n) is 5.55. The third-order valence-electron chi connectivity index (χ3n) is 3.79. The van der Waals surface area contributed by atoms with Crippen molar-refractivity contribution in [1.82, 2.24) is 10.2 Å². The fraction of sp³-hybridized carbons (Fsp3) is 0.467. The molecule has 0 saturated carbocycles. The standard InChI is InChI=1S/C15H19N3O3/c1-10-3-4-13-12(7-10)17(9-11(2)21-13)5-6-18-14(19)8-16-15(18)20/h3-4,7,11H,5-6,8-9H2,1-2H3,(H,16,20)/t11-/m0/s1. The van der Waals surface area contributed by atoms with Gasteiger partial charge in [-0.15, -0.1) is 0 Å². The summed E-state index contributed by atoms with van der Waals surface area (Å²) >= 11 is 0. The van der Waals surface area contributed by atoms with E-state index in [1.165, 1.54) is 4.90 Å². The van der Waals surface area contributed by atoms with E-state index in [-0.39, 0.29) is 24.6 Å². The van der Waals surface area contributed by atoms with Crippen LogP contribution in [0.25, 0.3) is 0 Å². The van der Waals surface area contributed by atoms with Crippen molar-refractivity contribution in [3.05, 3.63) is 23.8 Å². The average molecular weight is 289 g/mol. The Kier molecular flexibility index (Phi) is 3.45. The first-order chi connectivity index (χ1) is 10.0. The number of anilines is 1. The highest BCUT2D eigenvalue weighted by atomic mass is 16.5. The lowest BCUT2D eigenvalue weighted by Crippen LogP contribution is -2.44. The fourth-order valence-corrected chi connectivity index (χ4v) is 2.75. The van der Waals surface area contributed by atoms with Gasteiger partial charge >= 0.3 is 6.03 Å². The smallest absolute Gasteiger partial charge is 0.324 e. The normalized spacial score (nSPS) is 21.1. The summed E-state index contributed by atoms with van der Waals surface area (Å²) in [5.74, 6) is 0.697. The van der Waals surface area contributed by atoms with Gasteiger partial charge < -0.3 is 15.0 Å². The number of hydrogen-bond acceptors (Lipinski definition) is 4. The van der Waals surface area contributed by atoms with Crippen LogP contribution in [0.4, 0.5) is 10.5 Å². The first kappa shape index (κ1) is 13.7. The fourth-order valence-electron chi connectivity index (χ4n) is 2.75. The van der Waals surface area contributed by atoms with Crippen LogP contribution in [0.1, 0.15) is 12.5 Å². The Bertz CT molecular complexity index is 572. The average Bonchev–Trinajstić information content (AvgIpc) is 2.76. The van der Waals surface area contributed by atoms with E-state index in [2.05, 4.69) is 16.3 Å². The number of amides is 3. The lowest BCUT2D eigenvalue weighted by molar-refractivity contribution is -0.124. The minimum atomic E-state index is -0.300. The Balaban J connectivity index is 1.75. The zero-order chi connectivity index (χ0) is 15.0. The number of aryl methyl sites for hydroxylation is 1. The second-order valence-corrected chi connectivity index (χ2v) is 5.55. The second kappa shape index (κ2) is 5.27. The van der Waals surface area contributed by atoms with Crippen LogP contribution in [0, 0.1) is 6.92 Å². The number of urea groups is 1. The minimum absolute atomic E-state index is 0.0864. The van der Waals surface area contributed by atoms with Gasteiger partial charge in [0.2, 0.25) is 5.91 Å². The molecule has 0 spiro atoms. The van der Waals surface area contributed by atoms with Crippen molar-refractivity contribution in [2.45, 2.75) is 20.0 Å². The lowest BCUT2D eigenvalue weighted by atomic mass is 10.1. The lowest BCUT2D eigenvalue weighted by Gasteiger charge is -2.35. The van der Waals surface area contributed by atoms with Crippen molar-refractivity contribution in [2.24, 2.45) is 0 Å². The zero-order valence-corrected chi connectivity index (χ0v) is 12.3. The SMILES string of the molecule is Cc1ccc2c(c1)N(CCN1C(=O)CNC1=O)C[C@H](C)O2. The maximum atomic E-state index is 11.6. The molecule has 3 rings (SSSR count). The van der Waals surface area contributed by atoms with E-state index < -0.39 is 0 Å². The van der Waals surface area contributed by atoms with Gasteiger partial charge in [0.15, 0.2) is 0 Å². The number of imide groups is 1. The molecule has 1 N–H and O–H groups in total. The number of nitrogens with one attached hydrogen (secondary N) is 1. The Morgan fingerprint density at radius 2 is 2.14 bits per heavy atom. The number of rotatable bonds is 3. The van der Waals surface area contributed by atoms with Crippen LogP contribution in [-0.4, -0.2) is 49.1 Å². The van der Waals surface area contributed by atoms with E-state index >= 15 is 0 Å².